The smallest absolute Gasteiger partial charge is 0.256 e. The third-order valence-corrected chi connectivity index (χ3v) is 6.27. The van der Waals surface area contributed by atoms with Gasteiger partial charge >= 0.3 is 0 Å². The molecule has 4 aromatic rings. The van der Waals surface area contributed by atoms with Crippen LogP contribution in [0.25, 0.3) is 16.9 Å². The Morgan fingerprint density at radius 2 is 1.57 bits per heavy atom. The molecule has 0 atom stereocenters. The lowest BCUT2D eigenvalue weighted by Crippen LogP contribution is -2.36. The Labute approximate surface area is 211 Å². The van der Waals surface area contributed by atoms with Crippen molar-refractivity contribution in [2.24, 2.45) is 0 Å². The van der Waals surface area contributed by atoms with Gasteiger partial charge in [-0.05, 0) is 74.6 Å². The van der Waals surface area contributed by atoms with Gasteiger partial charge in [-0.25, -0.2) is 4.39 Å². The fourth-order valence-electron chi connectivity index (χ4n) is 4.13. The molecule has 4 nitrogen and oxygen atoms in total. The van der Waals surface area contributed by atoms with E-state index in [1.54, 1.807) is 12.1 Å². The molecule has 3 aromatic carbocycles. The Bertz CT molecular complexity index is 1280. The first-order valence-electron chi connectivity index (χ1n) is 11.6. The van der Waals surface area contributed by atoms with Gasteiger partial charge in [0.15, 0.2) is 0 Å². The highest BCUT2D eigenvalue weighted by atomic mass is 35.5. The summed E-state index contributed by atoms with van der Waals surface area (Å²) in [5.41, 5.74) is 5.05. The lowest BCUT2D eigenvalue weighted by molar-refractivity contribution is 0.0731. The van der Waals surface area contributed by atoms with Gasteiger partial charge < -0.3 is 14.4 Å². The minimum Gasteiger partial charge on any atom is -0.333 e. The highest BCUT2D eigenvalue weighted by Crippen LogP contribution is 2.31. The Kier molecular flexibility index (Phi) is 7.69. The lowest BCUT2D eigenvalue weighted by Gasteiger charge is -2.25. The van der Waals surface area contributed by atoms with E-state index in [0.717, 1.165) is 34.7 Å². The van der Waals surface area contributed by atoms with Crippen LogP contribution in [0.1, 0.15) is 21.6 Å². The third-order valence-electron chi connectivity index (χ3n) is 6.02. The lowest BCUT2D eigenvalue weighted by atomic mass is 10.1. The van der Waals surface area contributed by atoms with Crippen LogP contribution in [-0.4, -0.2) is 47.5 Å². The molecule has 0 radical (unpaired) electrons. The summed E-state index contributed by atoms with van der Waals surface area (Å²) in [5.74, 6) is -0.343. The van der Waals surface area contributed by atoms with E-state index < -0.39 is 0 Å². The van der Waals surface area contributed by atoms with E-state index in [1.807, 2.05) is 91.1 Å². The van der Waals surface area contributed by atoms with Crippen molar-refractivity contribution in [1.29, 1.82) is 0 Å². The molecule has 0 fully saturated rings. The quantitative estimate of drug-likeness (QED) is 0.284. The summed E-state index contributed by atoms with van der Waals surface area (Å²) in [5, 5.41) is 0.638. The molecule has 6 heteroatoms. The van der Waals surface area contributed by atoms with E-state index in [9.17, 15) is 9.18 Å². The van der Waals surface area contributed by atoms with Crippen molar-refractivity contribution in [1.82, 2.24) is 14.4 Å². The molecule has 0 saturated carbocycles. The van der Waals surface area contributed by atoms with Crippen LogP contribution in [0.5, 0.6) is 0 Å². The van der Waals surface area contributed by atoms with Gasteiger partial charge in [-0.15, -0.1) is 0 Å². The first-order valence-corrected chi connectivity index (χ1v) is 11.9. The zero-order chi connectivity index (χ0) is 24.9. The number of amides is 1. The fraction of sp³-hybridized carbons (Fsp3) is 0.207. The number of hydrogen-bond acceptors (Lipinski definition) is 2. The number of aromatic nitrogens is 1. The maximum absolute atomic E-state index is 13.9. The van der Waals surface area contributed by atoms with Gasteiger partial charge in [0, 0.05) is 36.0 Å². The number of hydrogen-bond donors (Lipinski definition) is 0. The molecule has 0 aliphatic rings. The summed E-state index contributed by atoms with van der Waals surface area (Å²) >= 11 is 6.13. The first kappa shape index (κ1) is 24.7. The monoisotopic (exact) mass is 489 g/mol. The van der Waals surface area contributed by atoms with Crippen LogP contribution in [0.4, 0.5) is 4.39 Å². The molecule has 0 bridgehead atoms. The van der Waals surface area contributed by atoms with Crippen LogP contribution in [0.15, 0.2) is 84.9 Å². The number of benzene rings is 3. The molecule has 0 unspecified atom stereocenters. The van der Waals surface area contributed by atoms with Crippen molar-refractivity contribution in [3.05, 3.63) is 113 Å². The topological polar surface area (TPSA) is 28.5 Å². The molecule has 35 heavy (non-hydrogen) atoms. The molecule has 0 aliphatic carbocycles. The summed E-state index contributed by atoms with van der Waals surface area (Å²) in [6.45, 7) is 3.80. The number of nitrogens with zero attached hydrogens (tertiary/aromatic N) is 3. The highest BCUT2D eigenvalue weighted by Gasteiger charge is 2.24. The molecule has 1 amide bonds. The second-order valence-electron chi connectivity index (χ2n) is 8.86. The SMILES string of the molecule is Cc1c(C(=O)N(CCN(C)C)Cc2ccccc2)cc(-c2ccc(Cl)cc2)n1-c1ccc(F)cc1. The summed E-state index contributed by atoms with van der Waals surface area (Å²) in [4.78, 5) is 17.9. The minimum atomic E-state index is -0.305. The normalized spacial score (nSPS) is 11.1. The predicted octanol–water partition coefficient (Wildman–Crippen LogP) is 6.45. The second-order valence-corrected chi connectivity index (χ2v) is 9.30. The molecule has 0 spiro atoms. The average Bonchev–Trinajstić information content (AvgIpc) is 3.19. The van der Waals surface area contributed by atoms with Crippen molar-refractivity contribution >= 4 is 17.5 Å². The van der Waals surface area contributed by atoms with Crippen molar-refractivity contribution in [2.45, 2.75) is 13.5 Å². The molecule has 1 aromatic heterocycles. The standard InChI is InChI=1S/C29H29ClFN3O/c1-21-27(29(35)33(18-17-32(2)3)20-22-7-5-4-6-8-22)19-28(23-9-11-24(30)12-10-23)34(21)26-15-13-25(31)14-16-26/h4-16,19H,17-18,20H2,1-3H3. The Hall–Kier alpha value is -3.41. The van der Waals surface area contributed by atoms with Crippen LogP contribution in [0.2, 0.25) is 5.02 Å². The van der Waals surface area contributed by atoms with E-state index in [0.29, 0.717) is 23.7 Å². The molecular weight excluding hydrogens is 461 g/mol. The number of carbonyl (C=O) groups excluding carboxylic acids is 1. The highest BCUT2D eigenvalue weighted by molar-refractivity contribution is 6.30. The van der Waals surface area contributed by atoms with Crippen LogP contribution in [-0.2, 0) is 6.54 Å². The average molecular weight is 490 g/mol. The van der Waals surface area contributed by atoms with Gasteiger partial charge in [0.25, 0.3) is 5.91 Å². The van der Waals surface area contributed by atoms with Crippen molar-refractivity contribution in [3.8, 4) is 16.9 Å². The molecule has 0 aliphatic heterocycles. The van der Waals surface area contributed by atoms with Crippen LogP contribution >= 0.6 is 11.6 Å². The van der Waals surface area contributed by atoms with Crippen LogP contribution in [0.3, 0.4) is 0 Å². The Morgan fingerprint density at radius 1 is 0.914 bits per heavy atom. The molecule has 1 heterocycles. The number of likely N-dealkylation sites (N-methyl/N-ethyl adjacent to an activating group) is 1. The molecule has 0 N–H and O–H groups in total. The summed E-state index contributed by atoms with van der Waals surface area (Å²) in [6, 6.07) is 25.8. The number of carbonyl (C=O) groups is 1. The molecule has 180 valence electrons. The molecular formula is C29H29ClFN3O. The van der Waals surface area contributed by atoms with Crippen molar-refractivity contribution in [3.63, 3.8) is 0 Å². The minimum absolute atomic E-state index is 0.0377. The van der Waals surface area contributed by atoms with Gasteiger partial charge in [0.05, 0.1) is 11.3 Å². The van der Waals surface area contributed by atoms with Crippen LogP contribution < -0.4 is 0 Å². The Balaban J connectivity index is 1.79. The molecule has 0 saturated heterocycles. The van der Waals surface area contributed by atoms with Gasteiger partial charge in [-0.3, -0.25) is 4.79 Å². The second kappa shape index (κ2) is 10.9. The predicted molar refractivity (Wildman–Crippen MR) is 141 cm³/mol. The molecule has 4 rings (SSSR count). The summed E-state index contributed by atoms with van der Waals surface area (Å²) in [6.07, 6.45) is 0. The maximum Gasteiger partial charge on any atom is 0.256 e. The largest absolute Gasteiger partial charge is 0.333 e. The summed E-state index contributed by atoms with van der Waals surface area (Å²) in [7, 11) is 4.00. The van der Waals surface area contributed by atoms with E-state index in [1.165, 1.54) is 12.1 Å². The van der Waals surface area contributed by atoms with E-state index >= 15 is 0 Å². The van der Waals surface area contributed by atoms with Gasteiger partial charge in [-0.2, -0.15) is 0 Å². The van der Waals surface area contributed by atoms with E-state index in [2.05, 4.69) is 4.90 Å². The van der Waals surface area contributed by atoms with Gasteiger partial charge in [0.1, 0.15) is 5.82 Å². The Morgan fingerprint density at radius 3 is 2.20 bits per heavy atom. The fourth-order valence-corrected chi connectivity index (χ4v) is 4.25. The first-order chi connectivity index (χ1) is 16.8. The zero-order valence-electron chi connectivity index (χ0n) is 20.2. The third kappa shape index (κ3) is 5.81. The number of rotatable bonds is 8. The van der Waals surface area contributed by atoms with E-state index in [4.69, 9.17) is 11.6 Å². The zero-order valence-corrected chi connectivity index (χ0v) is 21.0. The van der Waals surface area contributed by atoms with Crippen molar-refractivity contribution < 1.29 is 9.18 Å². The summed E-state index contributed by atoms with van der Waals surface area (Å²) < 4.78 is 15.7. The van der Waals surface area contributed by atoms with Crippen molar-refractivity contribution in [2.75, 3.05) is 27.2 Å². The van der Waals surface area contributed by atoms with Crippen LogP contribution in [0, 0.1) is 12.7 Å². The maximum atomic E-state index is 13.9. The van der Waals surface area contributed by atoms with E-state index in [-0.39, 0.29) is 11.7 Å². The van der Waals surface area contributed by atoms with Gasteiger partial charge in [0.2, 0.25) is 0 Å². The number of halogens is 2. The van der Waals surface area contributed by atoms with Gasteiger partial charge in [-0.1, -0.05) is 54.1 Å².